The van der Waals surface area contributed by atoms with Crippen LogP contribution < -0.4 is 15.5 Å². The molecule has 0 bridgehead atoms. The first kappa shape index (κ1) is 24.8. The zero-order valence-electron chi connectivity index (χ0n) is 17.9. The quantitative estimate of drug-likeness (QED) is 0.318. The van der Waals surface area contributed by atoms with E-state index in [4.69, 9.17) is 0 Å². The van der Waals surface area contributed by atoms with Crippen LogP contribution in [0.5, 0.6) is 0 Å². The maximum atomic E-state index is 13.1. The van der Waals surface area contributed by atoms with Gasteiger partial charge in [0.25, 0.3) is 0 Å². The van der Waals surface area contributed by atoms with E-state index in [9.17, 15) is 4.39 Å². The Bertz CT molecular complexity index is 783. The lowest BCUT2D eigenvalue weighted by Gasteiger charge is -2.36. The molecule has 2 aromatic rings. The van der Waals surface area contributed by atoms with Crippen molar-refractivity contribution in [3.05, 3.63) is 45.7 Å². The SMILES string of the molecule is CN=C(NCCc1nc(C)c(C)s1)NCCN1CCN(c2ccc(F)cc2)CC1.I. The average molecular weight is 546 g/mol. The fourth-order valence-corrected chi connectivity index (χ4v) is 4.30. The third-order valence-corrected chi connectivity index (χ3v) is 6.34. The second-order valence-corrected chi connectivity index (χ2v) is 8.52. The summed E-state index contributed by atoms with van der Waals surface area (Å²) in [5.41, 5.74) is 2.23. The van der Waals surface area contributed by atoms with Gasteiger partial charge in [-0.25, -0.2) is 9.37 Å². The van der Waals surface area contributed by atoms with E-state index in [0.29, 0.717) is 0 Å². The summed E-state index contributed by atoms with van der Waals surface area (Å²) >= 11 is 1.77. The first-order chi connectivity index (χ1) is 14.0. The smallest absolute Gasteiger partial charge is 0.191 e. The van der Waals surface area contributed by atoms with E-state index in [1.807, 2.05) is 12.1 Å². The van der Waals surface area contributed by atoms with Crippen LogP contribution in [0.25, 0.3) is 0 Å². The standard InChI is InChI=1S/C21H31FN6S.HI/c1-16-17(2)29-20(26-16)8-9-24-21(23-3)25-10-11-27-12-14-28(15-13-27)19-6-4-18(22)5-7-19;/h4-7H,8-15H2,1-3H3,(H2,23,24,25);1H. The minimum absolute atomic E-state index is 0. The fraction of sp³-hybridized carbons (Fsp3) is 0.524. The summed E-state index contributed by atoms with van der Waals surface area (Å²) < 4.78 is 13.1. The van der Waals surface area contributed by atoms with Gasteiger partial charge >= 0.3 is 0 Å². The predicted molar refractivity (Wildman–Crippen MR) is 135 cm³/mol. The highest BCUT2D eigenvalue weighted by molar-refractivity contribution is 14.0. The van der Waals surface area contributed by atoms with Gasteiger partial charge in [-0.15, -0.1) is 35.3 Å². The van der Waals surface area contributed by atoms with Crippen molar-refractivity contribution >= 4 is 47.0 Å². The fourth-order valence-electron chi connectivity index (χ4n) is 3.37. The number of thiazole rings is 1. The number of aryl methyl sites for hydroxylation is 2. The van der Waals surface area contributed by atoms with Gasteiger partial charge in [0.2, 0.25) is 0 Å². The molecule has 1 aliphatic heterocycles. The molecule has 3 rings (SSSR count). The minimum Gasteiger partial charge on any atom is -0.369 e. The monoisotopic (exact) mass is 546 g/mol. The largest absolute Gasteiger partial charge is 0.369 e. The van der Waals surface area contributed by atoms with Crippen LogP contribution in [0.4, 0.5) is 10.1 Å². The Morgan fingerprint density at radius 1 is 1.10 bits per heavy atom. The summed E-state index contributed by atoms with van der Waals surface area (Å²) in [4.78, 5) is 14.9. The predicted octanol–water partition coefficient (Wildman–Crippen LogP) is 3.05. The number of benzene rings is 1. The highest BCUT2D eigenvalue weighted by atomic mass is 127. The molecule has 166 valence electrons. The number of hydrogen-bond donors (Lipinski definition) is 2. The molecule has 0 radical (unpaired) electrons. The molecule has 2 heterocycles. The number of anilines is 1. The summed E-state index contributed by atoms with van der Waals surface area (Å²) in [6, 6.07) is 6.77. The zero-order chi connectivity index (χ0) is 20.6. The number of rotatable bonds is 7. The van der Waals surface area contributed by atoms with Crippen molar-refractivity contribution in [3.63, 3.8) is 0 Å². The van der Waals surface area contributed by atoms with Gasteiger partial charge in [-0.2, -0.15) is 0 Å². The van der Waals surface area contributed by atoms with Crippen LogP contribution in [-0.4, -0.2) is 68.7 Å². The number of halogens is 2. The number of nitrogens with one attached hydrogen (secondary N) is 2. The van der Waals surface area contributed by atoms with Crippen LogP contribution in [0, 0.1) is 19.7 Å². The van der Waals surface area contributed by atoms with Crippen LogP contribution in [0.2, 0.25) is 0 Å². The summed E-state index contributed by atoms with van der Waals surface area (Å²) in [7, 11) is 1.80. The summed E-state index contributed by atoms with van der Waals surface area (Å²) in [5.74, 6) is 0.650. The van der Waals surface area contributed by atoms with E-state index < -0.39 is 0 Å². The van der Waals surface area contributed by atoms with Crippen LogP contribution in [0.3, 0.4) is 0 Å². The molecule has 9 heteroatoms. The molecule has 30 heavy (non-hydrogen) atoms. The number of aromatic nitrogens is 1. The topological polar surface area (TPSA) is 55.8 Å². The average Bonchev–Trinajstić information content (AvgIpc) is 3.05. The first-order valence-electron chi connectivity index (χ1n) is 10.2. The minimum atomic E-state index is -0.183. The molecule has 1 aliphatic rings. The third-order valence-electron chi connectivity index (χ3n) is 5.21. The molecule has 2 N–H and O–H groups in total. The van der Waals surface area contributed by atoms with Gasteiger partial charge in [0.1, 0.15) is 5.82 Å². The highest BCUT2D eigenvalue weighted by Crippen LogP contribution is 2.17. The second-order valence-electron chi connectivity index (χ2n) is 7.23. The Morgan fingerprint density at radius 3 is 2.37 bits per heavy atom. The van der Waals surface area contributed by atoms with Gasteiger partial charge in [0.15, 0.2) is 5.96 Å². The van der Waals surface area contributed by atoms with Crippen LogP contribution in [-0.2, 0) is 6.42 Å². The summed E-state index contributed by atoms with van der Waals surface area (Å²) in [6.07, 6.45) is 0.908. The van der Waals surface area contributed by atoms with Gasteiger partial charge in [-0.1, -0.05) is 0 Å². The van der Waals surface area contributed by atoms with Crippen molar-refractivity contribution in [2.75, 3.05) is 57.8 Å². The molecule has 1 saturated heterocycles. The Kier molecular flexibility index (Phi) is 10.3. The highest BCUT2D eigenvalue weighted by Gasteiger charge is 2.17. The second kappa shape index (κ2) is 12.4. The normalized spacial score (nSPS) is 15.1. The molecular formula is C21H32FIN6S. The van der Waals surface area contributed by atoms with E-state index in [1.165, 1.54) is 22.0 Å². The van der Waals surface area contributed by atoms with E-state index in [-0.39, 0.29) is 29.8 Å². The lowest BCUT2D eigenvalue weighted by molar-refractivity contribution is 0.261. The van der Waals surface area contributed by atoms with Crippen molar-refractivity contribution in [1.82, 2.24) is 20.5 Å². The van der Waals surface area contributed by atoms with Crippen LogP contribution in [0.15, 0.2) is 29.3 Å². The molecule has 0 atom stereocenters. The van der Waals surface area contributed by atoms with Crippen molar-refractivity contribution < 1.29 is 4.39 Å². The van der Waals surface area contributed by atoms with E-state index >= 15 is 0 Å². The Balaban J connectivity index is 0.00000320. The van der Waals surface area contributed by atoms with Crippen molar-refractivity contribution in [2.24, 2.45) is 4.99 Å². The first-order valence-corrected chi connectivity index (χ1v) is 11.0. The van der Waals surface area contributed by atoms with Gasteiger partial charge in [-0.3, -0.25) is 9.89 Å². The van der Waals surface area contributed by atoms with Gasteiger partial charge < -0.3 is 15.5 Å². The molecular weight excluding hydrogens is 514 g/mol. The van der Waals surface area contributed by atoms with Crippen LogP contribution >= 0.6 is 35.3 Å². The molecule has 0 saturated carbocycles. The van der Waals surface area contributed by atoms with E-state index in [0.717, 1.165) is 69.6 Å². The molecule has 0 aliphatic carbocycles. The molecule has 1 aromatic heterocycles. The van der Waals surface area contributed by atoms with Gasteiger partial charge in [-0.05, 0) is 38.1 Å². The maximum absolute atomic E-state index is 13.1. The zero-order valence-corrected chi connectivity index (χ0v) is 21.1. The number of hydrogen-bond acceptors (Lipinski definition) is 5. The summed E-state index contributed by atoms with van der Waals surface area (Å²) in [5, 5.41) is 7.93. The lowest BCUT2D eigenvalue weighted by Crippen LogP contribution is -2.49. The Hall–Kier alpha value is -1.46. The Morgan fingerprint density at radius 2 is 1.77 bits per heavy atom. The van der Waals surface area contributed by atoms with Crippen molar-refractivity contribution in [2.45, 2.75) is 20.3 Å². The van der Waals surface area contributed by atoms with Crippen molar-refractivity contribution in [3.8, 4) is 0 Å². The molecule has 6 nitrogen and oxygen atoms in total. The maximum Gasteiger partial charge on any atom is 0.191 e. The molecule has 1 fully saturated rings. The third kappa shape index (κ3) is 7.35. The molecule has 0 spiro atoms. The van der Waals surface area contributed by atoms with Gasteiger partial charge in [0, 0.05) is 69.8 Å². The lowest BCUT2D eigenvalue weighted by atomic mass is 10.2. The van der Waals surface area contributed by atoms with Crippen molar-refractivity contribution in [1.29, 1.82) is 0 Å². The van der Waals surface area contributed by atoms with E-state index in [1.54, 1.807) is 18.4 Å². The van der Waals surface area contributed by atoms with Crippen LogP contribution in [0.1, 0.15) is 15.6 Å². The number of guanidine groups is 1. The molecule has 0 amide bonds. The number of nitrogens with zero attached hydrogens (tertiary/aromatic N) is 4. The Labute approximate surface area is 200 Å². The number of piperazine rings is 1. The molecule has 0 unspecified atom stereocenters. The van der Waals surface area contributed by atoms with E-state index in [2.05, 4.69) is 44.3 Å². The molecule has 1 aromatic carbocycles. The number of aliphatic imine (C=N–C) groups is 1. The summed E-state index contributed by atoms with van der Waals surface area (Å²) in [6.45, 7) is 10.8. The van der Waals surface area contributed by atoms with Gasteiger partial charge in [0.05, 0.1) is 10.7 Å².